The summed E-state index contributed by atoms with van der Waals surface area (Å²) in [5.74, 6) is 0.779. The third kappa shape index (κ3) is 2.72. The van der Waals surface area contributed by atoms with Crippen molar-refractivity contribution in [2.75, 3.05) is 13.1 Å². The highest BCUT2D eigenvalue weighted by molar-refractivity contribution is 5.88. The van der Waals surface area contributed by atoms with E-state index in [1.807, 2.05) is 19.1 Å². The molecule has 5 heteroatoms. The molecule has 0 aliphatic carbocycles. The zero-order valence-corrected chi connectivity index (χ0v) is 10.5. The zero-order valence-electron chi connectivity index (χ0n) is 10.5. The third-order valence-electron chi connectivity index (χ3n) is 3.20. The third-order valence-corrected chi connectivity index (χ3v) is 3.20. The number of amides is 2. The van der Waals surface area contributed by atoms with Crippen molar-refractivity contribution in [3.05, 3.63) is 24.2 Å². The van der Waals surface area contributed by atoms with Gasteiger partial charge in [0.05, 0.1) is 6.26 Å². The average molecular weight is 250 g/mol. The second-order valence-electron chi connectivity index (χ2n) is 4.38. The fraction of sp³-hybridized carbons (Fsp3) is 0.538. The van der Waals surface area contributed by atoms with Crippen LogP contribution in [0.3, 0.4) is 0 Å². The van der Waals surface area contributed by atoms with Gasteiger partial charge in [-0.25, -0.2) is 0 Å². The largest absolute Gasteiger partial charge is 0.469 e. The van der Waals surface area contributed by atoms with Crippen LogP contribution in [-0.2, 0) is 16.0 Å². The molecule has 5 nitrogen and oxygen atoms in total. The lowest BCUT2D eigenvalue weighted by molar-refractivity contribution is -0.143. The molecule has 1 aliphatic rings. The molecule has 2 amide bonds. The summed E-state index contributed by atoms with van der Waals surface area (Å²) in [6, 6.07) is 3.35. The van der Waals surface area contributed by atoms with Crippen molar-refractivity contribution in [2.45, 2.75) is 32.2 Å². The number of furan rings is 1. The van der Waals surface area contributed by atoms with Gasteiger partial charge in [0.1, 0.15) is 11.8 Å². The van der Waals surface area contributed by atoms with Crippen LogP contribution in [-0.4, -0.2) is 35.8 Å². The molecule has 2 heterocycles. The van der Waals surface area contributed by atoms with Gasteiger partial charge in [0.15, 0.2) is 0 Å². The molecule has 0 bridgehead atoms. The van der Waals surface area contributed by atoms with Crippen molar-refractivity contribution in [2.24, 2.45) is 0 Å². The number of hydrogen-bond donors (Lipinski definition) is 1. The molecule has 0 radical (unpaired) electrons. The van der Waals surface area contributed by atoms with Crippen LogP contribution in [0, 0.1) is 0 Å². The Morgan fingerprint density at radius 1 is 1.61 bits per heavy atom. The molecule has 0 spiro atoms. The van der Waals surface area contributed by atoms with Crippen LogP contribution in [0.25, 0.3) is 0 Å². The number of nitrogens with one attached hydrogen (secondary N) is 1. The number of aryl methyl sites for hydroxylation is 1. The van der Waals surface area contributed by atoms with Gasteiger partial charge < -0.3 is 14.6 Å². The summed E-state index contributed by atoms with van der Waals surface area (Å²) in [5, 5.41) is 2.79. The first-order chi connectivity index (χ1) is 8.72. The van der Waals surface area contributed by atoms with Crippen LogP contribution in [0.15, 0.2) is 22.8 Å². The standard InChI is InChI=1S/C13H18N2O3/c1-2-11-13(17)14-7-8-15(11)12(16)6-5-10-4-3-9-18-10/h3-4,9,11H,2,5-8H2,1H3,(H,14,17). The normalized spacial score (nSPS) is 19.7. The smallest absolute Gasteiger partial charge is 0.242 e. The fourth-order valence-corrected chi connectivity index (χ4v) is 2.25. The van der Waals surface area contributed by atoms with Gasteiger partial charge in [-0.05, 0) is 18.6 Å². The van der Waals surface area contributed by atoms with Crippen LogP contribution in [0.1, 0.15) is 25.5 Å². The average Bonchev–Trinajstić information content (AvgIpc) is 2.88. The monoisotopic (exact) mass is 250 g/mol. The molecule has 18 heavy (non-hydrogen) atoms. The highest BCUT2D eigenvalue weighted by Crippen LogP contribution is 2.12. The van der Waals surface area contributed by atoms with Crippen LogP contribution < -0.4 is 5.32 Å². The maximum Gasteiger partial charge on any atom is 0.242 e. The minimum Gasteiger partial charge on any atom is -0.469 e. The van der Waals surface area contributed by atoms with E-state index < -0.39 is 0 Å². The highest BCUT2D eigenvalue weighted by atomic mass is 16.3. The van der Waals surface area contributed by atoms with Crippen LogP contribution in [0.4, 0.5) is 0 Å². The summed E-state index contributed by atoms with van der Waals surface area (Å²) >= 11 is 0. The van der Waals surface area contributed by atoms with Crippen molar-refractivity contribution in [3.8, 4) is 0 Å². The number of carbonyl (C=O) groups is 2. The topological polar surface area (TPSA) is 62.6 Å². The summed E-state index contributed by atoms with van der Waals surface area (Å²) in [7, 11) is 0. The van der Waals surface area contributed by atoms with E-state index in [4.69, 9.17) is 4.42 Å². The van der Waals surface area contributed by atoms with Gasteiger partial charge in [0.25, 0.3) is 0 Å². The highest BCUT2D eigenvalue weighted by Gasteiger charge is 2.31. The SMILES string of the molecule is CCC1C(=O)NCCN1C(=O)CCc1ccco1. The van der Waals surface area contributed by atoms with Crippen LogP contribution >= 0.6 is 0 Å². The molecule has 1 unspecified atom stereocenters. The van der Waals surface area contributed by atoms with E-state index in [0.29, 0.717) is 32.4 Å². The predicted molar refractivity (Wildman–Crippen MR) is 65.8 cm³/mol. The number of rotatable bonds is 4. The minimum absolute atomic E-state index is 0.0214. The van der Waals surface area contributed by atoms with Crippen molar-refractivity contribution >= 4 is 11.8 Å². The molecule has 1 aliphatic heterocycles. The Morgan fingerprint density at radius 2 is 2.44 bits per heavy atom. The quantitative estimate of drug-likeness (QED) is 0.865. The van der Waals surface area contributed by atoms with E-state index >= 15 is 0 Å². The van der Waals surface area contributed by atoms with E-state index in [1.165, 1.54) is 0 Å². The van der Waals surface area contributed by atoms with Crippen LogP contribution in [0.5, 0.6) is 0 Å². The summed E-state index contributed by atoms with van der Waals surface area (Å²) in [4.78, 5) is 25.4. The Morgan fingerprint density at radius 3 is 3.11 bits per heavy atom. The maximum atomic E-state index is 12.1. The predicted octanol–water partition coefficient (Wildman–Crippen LogP) is 0.949. The van der Waals surface area contributed by atoms with Gasteiger partial charge in [0, 0.05) is 25.9 Å². The number of carbonyl (C=O) groups excluding carboxylic acids is 2. The molecule has 0 saturated carbocycles. The van der Waals surface area contributed by atoms with Crippen molar-refractivity contribution in [3.63, 3.8) is 0 Å². The molecular formula is C13H18N2O3. The minimum atomic E-state index is -0.317. The zero-order chi connectivity index (χ0) is 13.0. The first-order valence-electron chi connectivity index (χ1n) is 6.32. The van der Waals surface area contributed by atoms with E-state index in [1.54, 1.807) is 11.2 Å². The summed E-state index contributed by atoms with van der Waals surface area (Å²) in [6.07, 6.45) is 3.22. The van der Waals surface area contributed by atoms with Gasteiger partial charge in [-0.3, -0.25) is 9.59 Å². The molecular weight excluding hydrogens is 232 g/mol. The molecule has 98 valence electrons. The van der Waals surface area contributed by atoms with E-state index in [2.05, 4.69) is 5.32 Å². The molecule has 1 fully saturated rings. The Kier molecular flexibility index (Phi) is 4.02. The molecule has 1 saturated heterocycles. The summed E-state index contributed by atoms with van der Waals surface area (Å²) < 4.78 is 5.20. The van der Waals surface area contributed by atoms with Gasteiger partial charge >= 0.3 is 0 Å². The molecule has 2 rings (SSSR count). The van der Waals surface area contributed by atoms with Gasteiger partial charge in [-0.2, -0.15) is 0 Å². The Balaban J connectivity index is 1.92. The number of nitrogens with zero attached hydrogens (tertiary/aromatic N) is 1. The lowest BCUT2D eigenvalue weighted by atomic mass is 10.1. The van der Waals surface area contributed by atoms with E-state index in [-0.39, 0.29) is 17.9 Å². The molecule has 1 aromatic rings. The van der Waals surface area contributed by atoms with Crippen molar-refractivity contribution < 1.29 is 14.0 Å². The van der Waals surface area contributed by atoms with Gasteiger partial charge in [-0.15, -0.1) is 0 Å². The summed E-state index contributed by atoms with van der Waals surface area (Å²) in [6.45, 7) is 3.06. The number of hydrogen-bond acceptors (Lipinski definition) is 3. The van der Waals surface area contributed by atoms with Gasteiger partial charge in [0.2, 0.25) is 11.8 Å². The van der Waals surface area contributed by atoms with E-state index in [9.17, 15) is 9.59 Å². The van der Waals surface area contributed by atoms with E-state index in [0.717, 1.165) is 5.76 Å². The van der Waals surface area contributed by atoms with Crippen molar-refractivity contribution in [1.29, 1.82) is 0 Å². The van der Waals surface area contributed by atoms with Crippen LogP contribution in [0.2, 0.25) is 0 Å². The second kappa shape index (κ2) is 5.71. The Bertz CT molecular complexity index is 414. The summed E-state index contributed by atoms with van der Waals surface area (Å²) in [5.41, 5.74) is 0. The molecule has 1 atom stereocenters. The molecule has 1 N–H and O–H groups in total. The second-order valence-corrected chi connectivity index (χ2v) is 4.38. The number of piperazine rings is 1. The Hall–Kier alpha value is -1.78. The van der Waals surface area contributed by atoms with Gasteiger partial charge in [-0.1, -0.05) is 6.92 Å². The lowest BCUT2D eigenvalue weighted by Crippen LogP contribution is -2.56. The first-order valence-corrected chi connectivity index (χ1v) is 6.32. The van der Waals surface area contributed by atoms with Crippen molar-refractivity contribution in [1.82, 2.24) is 10.2 Å². The fourth-order valence-electron chi connectivity index (χ4n) is 2.25. The lowest BCUT2D eigenvalue weighted by Gasteiger charge is -2.34. The maximum absolute atomic E-state index is 12.1. The first kappa shape index (κ1) is 12.7. The molecule has 1 aromatic heterocycles. The Labute approximate surface area is 106 Å². The molecule has 0 aromatic carbocycles.